The zero-order valence-electron chi connectivity index (χ0n) is 14.5. The van der Waals surface area contributed by atoms with Gasteiger partial charge in [-0.15, -0.1) is 35.3 Å². The number of likely N-dealkylation sites (tertiary alicyclic amines) is 1. The monoisotopic (exact) mass is 501 g/mol. The van der Waals surface area contributed by atoms with Gasteiger partial charge in [-0.2, -0.15) is 0 Å². The highest BCUT2D eigenvalue weighted by Crippen LogP contribution is 2.14. The van der Waals surface area contributed by atoms with Gasteiger partial charge in [0.2, 0.25) is 10.0 Å². The van der Waals surface area contributed by atoms with E-state index in [4.69, 9.17) is 0 Å². The van der Waals surface area contributed by atoms with Crippen LogP contribution in [0.3, 0.4) is 0 Å². The summed E-state index contributed by atoms with van der Waals surface area (Å²) in [6.07, 6.45) is 3.92. The Hall–Kier alpha value is -0.430. The first-order valence-corrected chi connectivity index (χ1v) is 10.7. The average molecular weight is 501 g/mol. The van der Waals surface area contributed by atoms with Gasteiger partial charge in [-0.1, -0.05) is 12.5 Å². The molecule has 1 fully saturated rings. The first-order valence-electron chi connectivity index (χ1n) is 8.32. The van der Waals surface area contributed by atoms with E-state index in [1.54, 1.807) is 24.6 Å². The van der Waals surface area contributed by atoms with Crippen LogP contribution in [0.4, 0.5) is 0 Å². The SMILES string of the molecule is CN=C(NCCNS(=O)(=O)c1cccs1)NCCN1CCCCC1.I. The second-order valence-corrected chi connectivity index (χ2v) is 8.60. The first kappa shape index (κ1) is 22.6. The Morgan fingerprint density at radius 2 is 1.92 bits per heavy atom. The first-order chi connectivity index (χ1) is 11.6. The lowest BCUT2D eigenvalue weighted by molar-refractivity contribution is 0.232. The van der Waals surface area contributed by atoms with E-state index in [1.165, 1.54) is 43.7 Å². The van der Waals surface area contributed by atoms with Crippen molar-refractivity contribution in [3.05, 3.63) is 17.5 Å². The van der Waals surface area contributed by atoms with Crippen LogP contribution in [0.5, 0.6) is 0 Å². The minimum absolute atomic E-state index is 0. The Balaban J connectivity index is 0.00000312. The normalized spacial score (nSPS) is 16.3. The molecule has 1 aromatic rings. The number of halogens is 1. The molecule has 0 spiro atoms. The van der Waals surface area contributed by atoms with Gasteiger partial charge in [0.1, 0.15) is 4.21 Å². The Morgan fingerprint density at radius 1 is 1.20 bits per heavy atom. The fraction of sp³-hybridized carbons (Fsp3) is 0.667. The quantitative estimate of drug-likeness (QED) is 0.217. The number of hydrogen-bond acceptors (Lipinski definition) is 5. The van der Waals surface area contributed by atoms with Gasteiger partial charge in [-0.25, -0.2) is 13.1 Å². The lowest BCUT2D eigenvalue weighted by Crippen LogP contribution is -2.44. The lowest BCUT2D eigenvalue weighted by atomic mass is 10.1. The molecule has 2 rings (SSSR count). The average Bonchev–Trinajstić information content (AvgIpc) is 3.13. The van der Waals surface area contributed by atoms with E-state index in [-0.39, 0.29) is 24.0 Å². The smallest absolute Gasteiger partial charge is 0.250 e. The van der Waals surface area contributed by atoms with Crippen LogP contribution >= 0.6 is 35.3 Å². The van der Waals surface area contributed by atoms with E-state index in [0.717, 1.165) is 13.1 Å². The number of aliphatic imine (C=N–C) groups is 1. The number of rotatable bonds is 8. The van der Waals surface area contributed by atoms with Crippen LogP contribution in [0.1, 0.15) is 19.3 Å². The van der Waals surface area contributed by atoms with Crippen LogP contribution in [0.15, 0.2) is 26.7 Å². The maximum Gasteiger partial charge on any atom is 0.250 e. The van der Waals surface area contributed by atoms with Crippen LogP contribution in [0.25, 0.3) is 0 Å². The molecule has 3 N–H and O–H groups in total. The molecule has 10 heteroatoms. The molecule has 2 heterocycles. The van der Waals surface area contributed by atoms with Crippen LogP contribution in [-0.2, 0) is 10.0 Å². The van der Waals surface area contributed by atoms with Crippen molar-refractivity contribution in [3.63, 3.8) is 0 Å². The molecule has 0 amide bonds. The highest BCUT2D eigenvalue weighted by Gasteiger charge is 2.14. The Labute approximate surface area is 171 Å². The van der Waals surface area contributed by atoms with Crippen molar-refractivity contribution in [2.75, 3.05) is 46.3 Å². The van der Waals surface area contributed by atoms with Gasteiger partial charge in [0.15, 0.2) is 5.96 Å². The Bertz CT molecular complexity index is 601. The minimum Gasteiger partial charge on any atom is -0.355 e. The van der Waals surface area contributed by atoms with Gasteiger partial charge in [-0.05, 0) is 37.4 Å². The molecular formula is C15H28IN5O2S2. The predicted molar refractivity (Wildman–Crippen MR) is 115 cm³/mol. The molecule has 1 saturated heterocycles. The molecule has 0 saturated carbocycles. The molecular weight excluding hydrogens is 473 g/mol. The fourth-order valence-electron chi connectivity index (χ4n) is 2.59. The van der Waals surface area contributed by atoms with E-state index < -0.39 is 10.0 Å². The van der Waals surface area contributed by atoms with Crippen LogP contribution in [0, 0.1) is 0 Å². The number of nitrogens with zero attached hydrogens (tertiary/aromatic N) is 2. The lowest BCUT2D eigenvalue weighted by Gasteiger charge is -2.26. The van der Waals surface area contributed by atoms with E-state index >= 15 is 0 Å². The van der Waals surface area contributed by atoms with Gasteiger partial charge < -0.3 is 15.5 Å². The zero-order valence-corrected chi connectivity index (χ0v) is 18.5. The molecule has 0 bridgehead atoms. The number of nitrogens with one attached hydrogen (secondary N) is 3. The molecule has 0 aromatic carbocycles. The molecule has 1 aliphatic rings. The molecule has 0 unspecified atom stereocenters. The molecule has 1 aliphatic heterocycles. The Kier molecular flexibility index (Phi) is 10.9. The highest BCUT2D eigenvalue weighted by atomic mass is 127. The fourth-order valence-corrected chi connectivity index (χ4v) is 4.66. The van der Waals surface area contributed by atoms with Gasteiger partial charge >= 0.3 is 0 Å². The van der Waals surface area contributed by atoms with E-state index in [0.29, 0.717) is 23.3 Å². The van der Waals surface area contributed by atoms with Crippen LogP contribution < -0.4 is 15.4 Å². The zero-order chi connectivity index (χ0) is 17.3. The maximum absolute atomic E-state index is 12.0. The highest BCUT2D eigenvalue weighted by molar-refractivity contribution is 14.0. The summed E-state index contributed by atoms with van der Waals surface area (Å²) < 4.78 is 26.9. The molecule has 0 atom stereocenters. The van der Waals surface area contributed by atoms with Gasteiger partial charge in [0.25, 0.3) is 0 Å². The number of thiophene rings is 1. The van der Waals surface area contributed by atoms with Crippen molar-refractivity contribution in [2.45, 2.75) is 23.5 Å². The molecule has 0 aliphatic carbocycles. The minimum atomic E-state index is -3.39. The number of sulfonamides is 1. The summed E-state index contributed by atoms with van der Waals surface area (Å²) in [5.74, 6) is 0.697. The standard InChI is InChI=1S/C15H27N5O2S2.HI/c1-16-15(18-9-12-20-10-3-2-4-11-20)17-7-8-19-24(21,22)14-6-5-13-23-14;/h5-6,13,19H,2-4,7-12H2,1H3,(H2,16,17,18);1H. The summed E-state index contributed by atoms with van der Waals surface area (Å²) in [4.78, 5) is 6.61. The van der Waals surface area contributed by atoms with Gasteiger partial charge in [-0.3, -0.25) is 4.99 Å². The van der Waals surface area contributed by atoms with Crippen molar-refractivity contribution in [1.29, 1.82) is 0 Å². The molecule has 144 valence electrons. The van der Waals surface area contributed by atoms with E-state index in [2.05, 4.69) is 25.2 Å². The summed E-state index contributed by atoms with van der Waals surface area (Å²) in [5.41, 5.74) is 0. The summed E-state index contributed by atoms with van der Waals surface area (Å²) >= 11 is 1.21. The number of guanidine groups is 1. The maximum atomic E-state index is 12.0. The third-order valence-electron chi connectivity index (χ3n) is 3.86. The summed E-state index contributed by atoms with van der Waals surface area (Å²) in [7, 11) is -1.68. The predicted octanol–water partition coefficient (Wildman–Crippen LogP) is 1.30. The van der Waals surface area contributed by atoms with Crippen molar-refractivity contribution in [3.8, 4) is 0 Å². The summed E-state index contributed by atoms with van der Waals surface area (Å²) in [5, 5.41) is 8.14. The molecule has 25 heavy (non-hydrogen) atoms. The Morgan fingerprint density at radius 3 is 2.56 bits per heavy atom. The van der Waals surface area contributed by atoms with Crippen LogP contribution in [0.2, 0.25) is 0 Å². The summed E-state index contributed by atoms with van der Waals surface area (Å²) in [6.45, 7) is 4.99. The topological polar surface area (TPSA) is 85.8 Å². The second kappa shape index (κ2) is 12.0. The van der Waals surface area contributed by atoms with Crippen molar-refractivity contribution >= 4 is 51.3 Å². The van der Waals surface area contributed by atoms with Gasteiger partial charge in [0.05, 0.1) is 0 Å². The van der Waals surface area contributed by atoms with Crippen molar-refractivity contribution in [1.82, 2.24) is 20.3 Å². The van der Waals surface area contributed by atoms with E-state index in [9.17, 15) is 8.42 Å². The third-order valence-corrected chi connectivity index (χ3v) is 6.72. The van der Waals surface area contributed by atoms with Crippen LogP contribution in [-0.4, -0.2) is 65.6 Å². The summed E-state index contributed by atoms with van der Waals surface area (Å²) in [6, 6.07) is 3.33. The number of piperidine rings is 1. The molecule has 1 aromatic heterocycles. The molecule has 0 radical (unpaired) electrons. The van der Waals surface area contributed by atoms with Crippen molar-refractivity contribution in [2.24, 2.45) is 4.99 Å². The number of hydrogen-bond donors (Lipinski definition) is 3. The van der Waals surface area contributed by atoms with E-state index in [1.807, 2.05) is 0 Å². The van der Waals surface area contributed by atoms with Crippen molar-refractivity contribution < 1.29 is 8.42 Å². The molecule has 7 nitrogen and oxygen atoms in total. The second-order valence-electron chi connectivity index (χ2n) is 5.66. The van der Waals surface area contributed by atoms with Gasteiger partial charge in [0, 0.05) is 33.2 Å². The largest absolute Gasteiger partial charge is 0.355 e. The third kappa shape index (κ3) is 8.20.